The van der Waals surface area contributed by atoms with Crippen molar-refractivity contribution in [2.75, 3.05) is 4.90 Å². The number of nitrogens with zero attached hydrogens (tertiary/aromatic N) is 1. The summed E-state index contributed by atoms with van der Waals surface area (Å²) in [6.07, 6.45) is 16.0. The maximum Gasteiger partial charge on any atom is 0.0458 e. The molecule has 0 saturated heterocycles. The van der Waals surface area contributed by atoms with E-state index in [0.717, 1.165) is 25.7 Å². The quantitative estimate of drug-likeness (QED) is 0.710. The Hall–Kier alpha value is -2.02. The van der Waals surface area contributed by atoms with E-state index >= 15 is 0 Å². The van der Waals surface area contributed by atoms with Crippen molar-refractivity contribution in [2.24, 2.45) is 0 Å². The first-order chi connectivity index (χ1) is 9.84. The summed E-state index contributed by atoms with van der Waals surface area (Å²) in [4.78, 5) is 2.40. The van der Waals surface area contributed by atoms with Gasteiger partial charge in [0.15, 0.2) is 0 Å². The van der Waals surface area contributed by atoms with Crippen molar-refractivity contribution < 1.29 is 0 Å². The number of allylic oxidation sites excluding steroid dienone is 7. The molecule has 0 N–H and O–H groups in total. The van der Waals surface area contributed by atoms with Crippen LogP contribution in [0.15, 0.2) is 77.7 Å². The summed E-state index contributed by atoms with van der Waals surface area (Å²) in [5.74, 6) is 0. The Morgan fingerprint density at radius 1 is 0.950 bits per heavy atom. The molecular formula is C19H21N. The third-order valence-electron chi connectivity index (χ3n) is 3.87. The number of anilines is 1. The second-order valence-corrected chi connectivity index (χ2v) is 5.45. The van der Waals surface area contributed by atoms with Gasteiger partial charge in [-0.05, 0) is 56.9 Å². The van der Waals surface area contributed by atoms with E-state index in [1.807, 2.05) is 0 Å². The van der Waals surface area contributed by atoms with Gasteiger partial charge in [0, 0.05) is 17.1 Å². The molecule has 0 aromatic heterocycles. The first kappa shape index (κ1) is 13.0. The molecule has 0 saturated carbocycles. The molecule has 0 bridgehead atoms. The molecule has 1 aromatic rings. The lowest BCUT2D eigenvalue weighted by Gasteiger charge is -2.31. The highest BCUT2D eigenvalue weighted by atomic mass is 15.2. The molecule has 102 valence electrons. The third-order valence-corrected chi connectivity index (χ3v) is 3.87. The van der Waals surface area contributed by atoms with Gasteiger partial charge in [-0.15, -0.1) is 0 Å². The fourth-order valence-electron chi connectivity index (χ4n) is 2.74. The zero-order valence-corrected chi connectivity index (χ0v) is 12.0. The number of benzene rings is 1. The smallest absolute Gasteiger partial charge is 0.0458 e. The van der Waals surface area contributed by atoms with E-state index in [4.69, 9.17) is 0 Å². The molecule has 0 spiro atoms. The zero-order valence-electron chi connectivity index (χ0n) is 12.0. The van der Waals surface area contributed by atoms with Gasteiger partial charge < -0.3 is 4.90 Å². The lowest BCUT2D eigenvalue weighted by atomic mass is 10.0. The van der Waals surface area contributed by atoms with Crippen LogP contribution in [-0.4, -0.2) is 0 Å². The second kappa shape index (κ2) is 5.96. The summed E-state index contributed by atoms with van der Waals surface area (Å²) >= 11 is 0. The Morgan fingerprint density at radius 3 is 2.45 bits per heavy atom. The molecule has 1 heteroatoms. The first-order valence-electron chi connectivity index (χ1n) is 7.43. The molecule has 0 amide bonds. The molecule has 2 aliphatic carbocycles. The Bertz CT molecular complexity index is 587. The van der Waals surface area contributed by atoms with Gasteiger partial charge in [-0.3, -0.25) is 0 Å². The van der Waals surface area contributed by atoms with Crippen molar-refractivity contribution >= 4 is 5.69 Å². The number of para-hydroxylation sites is 1. The van der Waals surface area contributed by atoms with E-state index in [2.05, 4.69) is 72.5 Å². The molecule has 0 heterocycles. The molecule has 0 fully saturated rings. The average molecular weight is 263 g/mol. The van der Waals surface area contributed by atoms with E-state index in [1.54, 1.807) is 0 Å². The van der Waals surface area contributed by atoms with E-state index in [9.17, 15) is 0 Å². The van der Waals surface area contributed by atoms with Gasteiger partial charge in [-0.2, -0.15) is 0 Å². The number of rotatable bonds is 3. The van der Waals surface area contributed by atoms with Crippen molar-refractivity contribution in [3.63, 3.8) is 0 Å². The van der Waals surface area contributed by atoms with Crippen molar-refractivity contribution in [3.8, 4) is 0 Å². The maximum absolute atomic E-state index is 2.40. The van der Waals surface area contributed by atoms with E-state index in [0.29, 0.717) is 0 Å². The largest absolute Gasteiger partial charge is 0.315 e. The van der Waals surface area contributed by atoms with Gasteiger partial charge in [0.05, 0.1) is 0 Å². The summed E-state index contributed by atoms with van der Waals surface area (Å²) in [6.45, 7) is 2.21. The van der Waals surface area contributed by atoms with Crippen molar-refractivity contribution in [3.05, 3.63) is 77.7 Å². The lowest BCUT2D eigenvalue weighted by molar-refractivity contribution is 0.855. The summed E-state index contributed by atoms with van der Waals surface area (Å²) in [6, 6.07) is 10.7. The van der Waals surface area contributed by atoms with Crippen LogP contribution < -0.4 is 4.90 Å². The van der Waals surface area contributed by atoms with Crippen LogP contribution in [0.5, 0.6) is 0 Å². The average Bonchev–Trinajstić information content (AvgIpc) is 2.52. The van der Waals surface area contributed by atoms with E-state index in [1.165, 1.54) is 22.7 Å². The minimum absolute atomic E-state index is 1.11. The third kappa shape index (κ3) is 2.77. The lowest BCUT2D eigenvalue weighted by Crippen LogP contribution is -2.22. The van der Waals surface area contributed by atoms with Crippen LogP contribution in [0, 0.1) is 0 Å². The van der Waals surface area contributed by atoms with Crippen LogP contribution >= 0.6 is 0 Å². The molecule has 20 heavy (non-hydrogen) atoms. The Balaban J connectivity index is 2.00. The fraction of sp³-hybridized carbons (Fsp3) is 0.263. The molecule has 3 rings (SSSR count). The van der Waals surface area contributed by atoms with Crippen LogP contribution in [0.1, 0.15) is 32.6 Å². The Kier molecular flexibility index (Phi) is 3.87. The first-order valence-corrected chi connectivity index (χ1v) is 7.43. The van der Waals surface area contributed by atoms with Gasteiger partial charge in [0.25, 0.3) is 0 Å². The van der Waals surface area contributed by atoms with Crippen molar-refractivity contribution in [1.29, 1.82) is 0 Å². The molecule has 2 aliphatic rings. The van der Waals surface area contributed by atoms with Crippen LogP contribution in [0.25, 0.3) is 0 Å². The van der Waals surface area contributed by atoms with Crippen LogP contribution in [-0.2, 0) is 0 Å². The van der Waals surface area contributed by atoms with Crippen molar-refractivity contribution in [1.82, 2.24) is 0 Å². The number of hydrogen-bond donors (Lipinski definition) is 0. The second-order valence-electron chi connectivity index (χ2n) is 5.45. The van der Waals surface area contributed by atoms with Crippen LogP contribution in [0.2, 0.25) is 0 Å². The van der Waals surface area contributed by atoms with Crippen LogP contribution in [0.4, 0.5) is 5.69 Å². The van der Waals surface area contributed by atoms with E-state index in [-0.39, 0.29) is 0 Å². The highest BCUT2D eigenvalue weighted by Gasteiger charge is 2.17. The molecule has 0 aliphatic heterocycles. The molecule has 0 radical (unpaired) electrons. The SMILES string of the molecule is CC1=CC=C(N(C2=CCCC=C2)c2ccccc2)CC1. The van der Waals surface area contributed by atoms with Gasteiger partial charge in [-0.1, -0.05) is 42.0 Å². The summed E-state index contributed by atoms with van der Waals surface area (Å²) in [5, 5.41) is 0. The monoisotopic (exact) mass is 263 g/mol. The minimum atomic E-state index is 1.11. The molecule has 1 nitrogen and oxygen atoms in total. The number of hydrogen-bond acceptors (Lipinski definition) is 1. The normalized spacial score (nSPS) is 18.1. The summed E-state index contributed by atoms with van der Waals surface area (Å²) in [7, 11) is 0. The summed E-state index contributed by atoms with van der Waals surface area (Å²) in [5.41, 5.74) is 5.42. The molecular weight excluding hydrogens is 242 g/mol. The standard InChI is InChI=1S/C19H21N/c1-16-12-14-19(15-13-16)20(17-8-4-2-5-9-17)18-10-6-3-7-11-18/h2,4-6,8-12,14H,3,7,13,15H2,1H3. The van der Waals surface area contributed by atoms with Gasteiger partial charge in [0.1, 0.15) is 0 Å². The highest BCUT2D eigenvalue weighted by Crippen LogP contribution is 2.31. The predicted molar refractivity (Wildman–Crippen MR) is 86.5 cm³/mol. The predicted octanol–water partition coefficient (Wildman–Crippen LogP) is 5.35. The minimum Gasteiger partial charge on any atom is -0.315 e. The highest BCUT2D eigenvalue weighted by molar-refractivity contribution is 5.61. The van der Waals surface area contributed by atoms with Crippen LogP contribution in [0.3, 0.4) is 0 Å². The Morgan fingerprint density at radius 2 is 1.80 bits per heavy atom. The zero-order chi connectivity index (χ0) is 13.8. The van der Waals surface area contributed by atoms with Crippen molar-refractivity contribution in [2.45, 2.75) is 32.6 Å². The molecule has 1 aromatic carbocycles. The topological polar surface area (TPSA) is 3.24 Å². The van der Waals surface area contributed by atoms with Gasteiger partial charge in [0.2, 0.25) is 0 Å². The summed E-state index contributed by atoms with van der Waals surface area (Å²) < 4.78 is 0. The van der Waals surface area contributed by atoms with Gasteiger partial charge >= 0.3 is 0 Å². The fourth-order valence-corrected chi connectivity index (χ4v) is 2.74. The maximum atomic E-state index is 2.40. The molecule has 0 atom stereocenters. The van der Waals surface area contributed by atoms with Gasteiger partial charge in [-0.25, -0.2) is 0 Å². The molecule has 0 unspecified atom stereocenters. The Labute approximate surface area is 121 Å². The van der Waals surface area contributed by atoms with E-state index < -0.39 is 0 Å².